The van der Waals surface area contributed by atoms with Gasteiger partial charge in [-0.3, -0.25) is 19.9 Å². The fraction of sp³-hybridized carbons (Fsp3) is 0. The molecule has 124 valence electrons. The molecule has 0 atom stereocenters. The van der Waals surface area contributed by atoms with Crippen LogP contribution < -0.4 is 5.43 Å². The summed E-state index contributed by atoms with van der Waals surface area (Å²) in [5, 5.41) is 14.6. The number of furan rings is 1. The van der Waals surface area contributed by atoms with Crippen LogP contribution in [0.2, 0.25) is 0 Å². The van der Waals surface area contributed by atoms with Gasteiger partial charge < -0.3 is 4.42 Å². The number of nitrogens with one attached hydrogen (secondary N) is 1. The summed E-state index contributed by atoms with van der Waals surface area (Å²) in [4.78, 5) is 26.0. The molecule has 0 radical (unpaired) electrons. The minimum atomic E-state index is -0.469. The molecule has 1 aromatic carbocycles. The van der Waals surface area contributed by atoms with Crippen LogP contribution in [0.25, 0.3) is 11.3 Å². The topological polar surface area (TPSA) is 111 Å². The minimum absolute atomic E-state index is 0.0197. The van der Waals surface area contributed by atoms with Crippen LogP contribution in [0, 0.1) is 10.1 Å². The van der Waals surface area contributed by atoms with E-state index in [4.69, 9.17) is 4.42 Å². The van der Waals surface area contributed by atoms with Crippen molar-refractivity contribution in [2.24, 2.45) is 5.10 Å². The molecule has 8 heteroatoms. The number of hydrazone groups is 1. The number of benzene rings is 1. The Morgan fingerprint density at radius 2 is 2.00 bits per heavy atom. The van der Waals surface area contributed by atoms with E-state index in [0.29, 0.717) is 22.6 Å². The van der Waals surface area contributed by atoms with Crippen LogP contribution in [0.1, 0.15) is 16.1 Å². The van der Waals surface area contributed by atoms with Crippen molar-refractivity contribution in [2.45, 2.75) is 0 Å². The molecule has 3 rings (SSSR count). The maximum atomic E-state index is 11.8. The molecule has 0 fully saturated rings. The molecule has 1 amide bonds. The highest BCUT2D eigenvalue weighted by Gasteiger charge is 2.10. The SMILES string of the molecule is O=C(NN=Cc1ccc(-c2cccc([N+](=O)[O-])c2)o1)c1ccncc1. The normalized spacial score (nSPS) is 10.7. The zero-order chi connectivity index (χ0) is 17.6. The number of carbonyl (C=O) groups is 1. The zero-order valence-corrected chi connectivity index (χ0v) is 12.8. The number of amides is 1. The van der Waals surface area contributed by atoms with E-state index in [-0.39, 0.29) is 11.6 Å². The number of pyridine rings is 1. The largest absolute Gasteiger partial charge is 0.455 e. The van der Waals surface area contributed by atoms with Gasteiger partial charge in [0.25, 0.3) is 11.6 Å². The molecule has 0 bridgehead atoms. The van der Waals surface area contributed by atoms with Crippen molar-refractivity contribution in [3.05, 3.63) is 82.4 Å². The average molecular weight is 336 g/mol. The lowest BCUT2D eigenvalue weighted by Gasteiger charge is -1.98. The van der Waals surface area contributed by atoms with Crippen LogP contribution >= 0.6 is 0 Å². The second-order valence-electron chi connectivity index (χ2n) is 4.94. The molecule has 25 heavy (non-hydrogen) atoms. The number of nitro groups is 1. The van der Waals surface area contributed by atoms with Gasteiger partial charge in [0.2, 0.25) is 0 Å². The average Bonchev–Trinajstić information content (AvgIpc) is 3.11. The summed E-state index contributed by atoms with van der Waals surface area (Å²) in [7, 11) is 0. The highest BCUT2D eigenvalue weighted by Crippen LogP contribution is 2.25. The van der Waals surface area contributed by atoms with Gasteiger partial charge in [0, 0.05) is 35.7 Å². The maximum Gasteiger partial charge on any atom is 0.271 e. The van der Waals surface area contributed by atoms with Crippen molar-refractivity contribution < 1.29 is 14.1 Å². The van der Waals surface area contributed by atoms with Crippen LogP contribution in [0.4, 0.5) is 5.69 Å². The summed E-state index contributed by atoms with van der Waals surface area (Å²) < 4.78 is 5.56. The Kier molecular flexibility index (Phi) is 4.61. The summed E-state index contributed by atoms with van der Waals surface area (Å²) in [5.41, 5.74) is 3.37. The van der Waals surface area contributed by atoms with Gasteiger partial charge in [-0.15, -0.1) is 0 Å². The van der Waals surface area contributed by atoms with Crippen LogP contribution in [0.15, 0.2) is 70.4 Å². The first-order chi connectivity index (χ1) is 12.1. The van der Waals surface area contributed by atoms with E-state index in [9.17, 15) is 14.9 Å². The summed E-state index contributed by atoms with van der Waals surface area (Å²) in [6, 6.07) is 12.6. The number of aromatic nitrogens is 1. The van der Waals surface area contributed by atoms with Crippen molar-refractivity contribution in [3.63, 3.8) is 0 Å². The fourth-order valence-electron chi connectivity index (χ4n) is 2.07. The van der Waals surface area contributed by atoms with Gasteiger partial charge in [-0.1, -0.05) is 12.1 Å². The zero-order valence-electron chi connectivity index (χ0n) is 12.8. The van der Waals surface area contributed by atoms with Gasteiger partial charge in [-0.05, 0) is 24.3 Å². The molecule has 2 heterocycles. The van der Waals surface area contributed by atoms with Gasteiger partial charge in [-0.25, -0.2) is 5.43 Å². The Bertz CT molecular complexity index is 935. The fourth-order valence-corrected chi connectivity index (χ4v) is 2.07. The van der Waals surface area contributed by atoms with Crippen molar-refractivity contribution in [1.82, 2.24) is 10.4 Å². The molecule has 0 spiro atoms. The number of nitro benzene ring substituents is 1. The number of hydrogen-bond acceptors (Lipinski definition) is 6. The second-order valence-corrected chi connectivity index (χ2v) is 4.94. The molecule has 8 nitrogen and oxygen atoms in total. The molecule has 0 aliphatic rings. The molecule has 2 aromatic heterocycles. The van der Waals surface area contributed by atoms with Gasteiger partial charge in [0.15, 0.2) is 0 Å². The second kappa shape index (κ2) is 7.18. The third-order valence-electron chi connectivity index (χ3n) is 3.27. The monoisotopic (exact) mass is 336 g/mol. The van der Waals surface area contributed by atoms with E-state index in [1.807, 2.05) is 0 Å². The molecule has 0 saturated heterocycles. The Morgan fingerprint density at radius 1 is 1.20 bits per heavy atom. The van der Waals surface area contributed by atoms with Crippen molar-refractivity contribution in [3.8, 4) is 11.3 Å². The number of carbonyl (C=O) groups excluding carboxylic acids is 1. The van der Waals surface area contributed by atoms with Gasteiger partial charge in [-0.2, -0.15) is 5.10 Å². The quantitative estimate of drug-likeness (QED) is 0.437. The lowest BCUT2D eigenvalue weighted by Crippen LogP contribution is -2.17. The van der Waals surface area contributed by atoms with Crippen LogP contribution in [-0.2, 0) is 0 Å². The molecule has 0 saturated carbocycles. The number of hydrogen-bond donors (Lipinski definition) is 1. The number of nitrogens with zero attached hydrogens (tertiary/aromatic N) is 3. The van der Waals surface area contributed by atoms with Crippen molar-refractivity contribution in [2.75, 3.05) is 0 Å². The summed E-state index contributed by atoms with van der Waals surface area (Å²) >= 11 is 0. The first-order valence-corrected chi connectivity index (χ1v) is 7.21. The first kappa shape index (κ1) is 16.1. The molecule has 3 aromatic rings. The summed E-state index contributed by atoms with van der Waals surface area (Å²) in [6.07, 6.45) is 4.37. The lowest BCUT2D eigenvalue weighted by molar-refractivity contribution is -0.384. The molecular formula is C17H12N4O4. The van der Waals surface area contributed by atoms with Crippen LogP contribution in [-0.4, -0.2) is 22.0 Å². The third-order valence-corrected chi connectivity index (χ3v) is 3.27. The number of non-ortho nitro benzene ring substituents is 1. The summed E-state index contributed by atoms with van der Waals surface area (Å²) in [6.45, 7) is 0. The Hall–Kier alpha value is -3.81. The van der Waals surface area contributed by atoms with E-state index in [1.54, 1.807) is 36.4 Å². The Balaban J connectivity index is 1.68. The van der Waals surface area contributed by atoms with E-state index in [1.165, 1.54) is 30.7 Å². The maximum absolute atomic E-state index is 11.8. The Labute approximate surface area is 142 Å². The highest BCUT2D eigenvalue weighted by molar-refractivity contribution is 5.94. The molecule has 0 unspecified atom stereocenters. The minimum Gasteiger partial charge on any atom is -0.455 e. The first-order valence-electron chi connectivity index (χ1n) is 7.21. The van der Waals surface area contributed by atoms with Crippen molar-refractivity contribution in [1.29, 1.82) is 0 Å². The van der Waals surface area contributed by atoms with Gasteiger partial charge >= 0.3 is 0 Å². The predicted octanol–water partition coefficient (Wildman–Crippen LogP) is 3.01. The predicted molar refractivity (Wildman–Crippen MR) is 90.1 cm³/mol. The van der Waals surface area contributed by atoms with E-state index in [0.717, 1.165) is 0 Å². The van der Waals surface area contributed by atoms with Crippen molar-refractivity contribution >= 4 is 17.8 Å². The van der Waals surface area contributed by atoms with Crippen LogP contribution in [0.3, 0.4) is 0 Å². The van der Waals surface area contributed by atoms with E-state index >= 15 is 0 Å². The highest BCUT2D eigenvalue weighted by atomic mass is 16.6. The molecular weight excluding hydrogens is 324 g/mol. The number of rotatable bonds is 5. The van der Waals surface area contributed by atoms with E-state index < -0.39 is 4.92 Å². The van der Waals surface area contributed by atoms with Crippen LogP contribution in [0.5, 0.6) is 0 Å². The van der Waals surface area contributed by atoms with E-state index in [2.05, 4.69) is 15.5 Å². The van der Waals surface area contributed by atoms with Gasteiger partial charge in [0.1, 0.15) is 11.5 Å². The smallest absolute Gasteiger partial charge is 0.271 e. The molecule has 1 N–H and O–H groups in total. The molecule has 0 aliphatic heterocycles. The lowest BCUT2D eigenvalue weighted by atomic mass is 10.1. The molecule has 0 aliphatic carbocycles. The van der Waals surface area contributed by atoms with Gasteiger partial charge in [0.05, 0.1) is 11.1 Å². The summed E-state index contributed by atoms with van der Waals surface area (Å²) in [5.74, 6) is 0.492. The third kappa shape index (κ3) is 3.94. The Morgan fingerprint density at radius 3 is 2.76 bits per heavy atom. The standard InChI is InChI=1S/C17H12N4O4/c22-17(12-6-8-18-9-7-12)20-19-11-15-4-5-16(25-15)13-2-1-3-14(10-13)21(23)24/h1-11H,(H,20,22).